The van der Waals surface area contributed by atoms with Crippen LogP contribution in [0.4, 0.5) is 5.69 Å². The third-order valence-corrected chi connectivity index (χ3v) is 4.76. The quantitative estimate of drug-likeness (QED) is 0.868. The van der Waals surface area contributed by atoms with E-state index in [4.69, 9.17) is 0 Å². The zero-order valence-electron chi connectivity index (χ0n) is 13.7. The second-order valence-corrected chi connectivity index (χ2v) is 6.79. The third kappa shape index (κ3) is 4.10. The van der Waals surface area contributed by atoms with E-state index in [1.807, 2.05) is 30.5 Å². The topological polar surface area (TPSA) is 32.3 Å². The minimum Gasteiger partial charge on any atom is -0.360 e. The maximum absolute atomic E-state index is 12.4. The Balaban J connectivity index is 2.05. The van der Waals surface area contributed by atoms with Crippen LogP contribution < -0.4 is 10.2 Å². The molecule has 0 radical (unpaired) electrons. The molecule has 0 saturated carbocycles. The maximum Gasteiger partial charge on any atom is 0.240 e. The first-order valence-corrected chi connectivity index (χ1v) is 8.52. The molecule has 1 N–H and O–H groups in total. The van der Waals surface area contributed by atoms with Crippen LogP contribution in [0.25, 0.3) is 0 Å². The number of amides is 1. The van der Waals surface area contributed by atoms with Gasteiger partial charge in [0.25, 0.3) is 0 Å². The van der Waals surface area contributed by atoms with E-state index in [1.54, 1.807) is 11.3 Å². The summed E-state index contributed by atoms with van der Waals surface area (Å²) in [7, 11) is 0. The molecule has 1 heterocycles. The van der Waals surface area contributed by atoms with Crippen LogP contribution in [0.5, 0.6) is 0 Å². The first-order valence-electron chi connectivity index (χ1n) is 7.64. The average molecular weight is 316 g/mol. The molecule has 1 aromatic heterocycles. The number of carbonyl (C=O) groups excluding carboxylic acids is 1. The number of nitrogens with one attached hydrogen (secondary N) is 1. The van der Waals surface area contributed by atoms with Gasteiger partial charge >= 0.3 is 0 Å². The lowest BCUT2D eigenvalue weighted by molar-refractivity contribution is -0.120. The summed E-state index contributed by atoms with van der Waals surface area (Å²) in [6, 6.07) is 12.6. The van der Waals surface area contributed by atoms with Gasteiger partial charge in [-0.25, -0.2) is 0 Å². The lowest BCUT2D eigenvalue weighted by Crippen LogP contribution is -2.41. The normalized spacial score (nSPS) is 12.2. The second-order valence-electron chi connectivity index (χ2n) is 5.81. The number of benzene rings is 1. The van der Waals surface area contributed by atoms with Crippen LogP contribution in [-0.2, 0) is 4.79 Å². The van der Waals surface area contributed by atoms with Crippen LogP contribution in [0.15, 0.2) is 41.8 Å². The van der Waals surface area contributed by atoms with Crippen LogP contribution in [0, 0.1) is 6.92 Å². The highest BCUT2D eigenvalue weighted by Crippen LogP contribution is 2.22. The van der Waals surface area contributed by atoms with Gasteiger partial charge in [0.05, 0.1) is 12.6 Å². The first kappa shape index (κ1) is 16.6. The second kappa shape index (κ2) is 7.45. The van der Waals surface area contributed by atoms with Crippen molar-refractivity contribution >= 4 is 22.9 Å². The number of para-hydroxylation sites is 1. The van der Waals surface area contributed by atoms with Crippen molar-refractivity contribution in [3.8, 4) is 0 Å². The molecule has 0 aliphatic heterocycles. The molecule has 0 fully saturated rings. The molecule has 1 aromatic carbocycles. The van der Waals surface area contributed by atoms with Gasteiger partial charge in [0.1, 0.15) is 0 Å². The van der Waals surface area contributed by atoms with Crippen molar-refractivity contribution in [2.24, 2.45) is 0 Å². The van der Waals surface area contributed by atoms with E-state index in [-0.39, 0.29) is 18.0 Å². The van der Waals surface area contributed by atoms with Gasteiger partial charge in [-0.05, 0) is 50.8 Å². The van der Waals surface area contributed by atoms with Gasteiger partial charge in [0.15, 0.2) is 0 Å². The van der Waals surface area contributed by atoms with Crippen LogP contribution in [0.3, 0.4) is 0 Å². The summed E-state index contributed by atoms with van der Waals surface area (Å²) in [6.07, 6.45) is 0. The van der Waals surface area contributed by atoms with Crippen molar-refractivity contribution < 1.29 is 4.79 Å². The minimum atomic E-state index is 0.0536. The lowest BCUT2D eigenvalue weighted by Gasteiger charge is -2.30. The molecule has 2 aromatic rings. The van der Waals surface area contributed by atoms with Gasteiger partial charge in [-0.1, -0.05) is 24.3 Å². The Morgan fingerprint density at radius 2 is 1.91 bits per heavy atom. The van der Waals surface area contributed by atoms with E-state index in [0.717, 1.165) is 5.69 Å². The maximum atomic E-state index is 12.4. The molecule has 0 bridgehead atoms. The highest BCUT2D eigenvalue weighted by Gasteiger charge is 2.18. The third-order valence-electron chi connectivity index (χ3n) is 3.71. The van der Waals surface area contributed by atoms with Crippen molar-refractivity contribution in [3.63, 3.8) is 0 Å². The number of anilines is 1. The number of hydrogen-bond acceptors (Lipinski definition) is 3. The van der Waals surface area contributed by atoms with Gasteiger partial charge in [0.2, 0.25) is 5.91 Å². The van der Waals surface area contributed by atoms with Crippen molar-refractivity contribution in [2.45, 2.75) is 39.8 Å². The zero-order chi connectivity index (χ0) is 16.1. The monoisotopic (exact) mass is 316 g/mol. The molecule has 0 aliphatic carbocycles. The van der Waals surface area contributed by atoms with Gasteiger partial charge in [-0.15, -0.1) is 11.3 Å². The molecule has 0 saturated heterocycles. The summed E-state index contributed by atoms with van der Waals surface area (Å²) >= 11 is 1.67. The van der Waals surface area contributed by atoms with E-state index >= 15 is 0 Å². The summed E-state index contributed by atoms with van der Waals surface area (Å²) in [4.78, 5) is 15.7. The molecule has 0 aliphatic rings. The smallest absolute Gasteiger partial charge is 0.240 e. The Bertz CT molecular complexity index is 607. The molecule has 1 amide bonds. The highest BCUT2D eigenvalue weighted by molar-refractivity contribution is 7.10. The van der Waals surface area contributed by atoms with Crippen LogP contribution in [-0.4, -0.2) is 18.5 Å². The minimum absolute atomic E-state index is 0.0536. The number of aryl methyl sites for hydroxylation is 1. The van der Waals surface area contributed by atoms with Gasteiger partial charge < -0.3 is 10.2 Å². The molecule has 2 rings (SSSR count). The van der Waals surface area contributed by atoms with E-state index in [2.05, 4.69) is 49.2 Å². The molecule has 0 spiro atoms. The molecular formula is C18H24N2OS. The van der Waals surface area contributed by atoms with Gasteiger partial charge in [0, 0.05) is 16.6 Å². The Kier molecular flexibility index (Phi) is 5.61. The zero-order valence-corrected chi connectivity index (χ0v) is 14.5. The van der Waals surface area contributed by atoms with Crippen molar-refractivity contribution in [2.75, 3.05) is 11.4 Å². The van der Waals surface area contributed by atoms with Gasteiger partial charge in [-0.2, -0.15) is 0 Å². The summed E-state index contributed by atoms with van der Waals surface area (Å²) in [5.41, 5.74) is 2.31. The van der Waals surface area contributed by atoms with Crippen molar-refractivity contribution in [3.05, 3.63) is 52.2 Å². The summed E-state index contributed by atoms with van der Waals surface area (Å²) in [5, 5.41) is 5.12. The van der Waals surface area contributed by atoms with Gasteiger partial charge in [-0.3, -0.25) is 4.79 Å². The molecule has 22 heavy (non-hydrogen) atoms. The average Bonchev–Trinajstić information content (AvgIpc) is 2.99. The number of thiophene rings is 1. The summed E-state index contributed by atoms with van der Waals surface area (Å²) in [5.74, 6) is 0.0536. The number of nitrogens with zero attached hydrogens (tertiary/aromatic N) is 1. The van der Waals surface area contributed by atoms with Crippen LogP contribution >= 0.6 is 11.3 Å². The fourth-order valence-electron chi connectivity index (χ4n) is 2.48. The summed E-state index contributed by atoms with van der Waals surface area (Å²) in [6.45, 7) is 8.71. The number of carbonyl (C=O) groups is 1. The molecule has 3 nitrogen and oxygen atoms in total. The van der Waals surface area contributed by atoms with Crippen LogP contribution in [0.2, 0.25) is 0 Å². The fourth-order valence-corrected chi connectivity index (χ4v) is 3.22. The van der Waals surface area contributed by atoms with E-state index < -0.39 is 0 Å². The van der Waals surface area contributed by atoms with Crippen molar-refractivity contribution in [1.29, 1.82) is 0 Å². The molecule has 4 heteroatoms. The largest absolute Gasteiger partial charge is 0.360 e. The fraction of sp³-hybridized carbons (Fsp3) is 0.389. The number of rotatable bonds is 6. The lowest BCUT2D eigenvalue weighted by atomic mass is 10.1. The predicted octanol–water partition coefficient (Wildman–Crippen LogP) is 4.15. The first-order chi connectivity index (χ1) is 10.5. The van der Waals surface area contributed by atoms with E-state index in [1.165, 1.54) is 10.4 Å². The number of hydrogen-bond donors (Lipinski definition) is 1. The Morgan fingerprint density at radius 3 is 2.50 bits per heavy atom. The Morgan fingerprint density at radius 1 is 1.18 bits per heavy atom. The predicted molar refractivity (Wildman–Crippen MR) is 94.5 cm³/mol. The molecular weight excluding hydrogens is 292 g/mol. The molecule has 1 atom stereocenters. The Hall–Kier alpha value is -1.81. The Labute approximate surface area is 137 Å². The SMILES string of the molecule is Cc1ccccc1N(CC(=O)NC(C)c1cccs1)C(C)C. The molecule has 1 unspecified atom stereocenters. The molecule has 118 valence electrons. The van der Waals surface area contributed by atoms with Crippen LogP contribution in [0.1, 0.15) is 37.3 Å². The highest BCUT2D eigenvalue weighted by atomic mass is 32.1. The standard InChI is InChI=1S/C18H24N2OS/c1-13(2)20(16-9-6-5-8-14(16)3)12-18(21)19-15(4)17-10-7-11-22-17/h5-11,13,15H,12H2,1-4H3,(H,19,21). The summed E-state index contributed by atoms with van der Waals surface area (Å²) < 4.78 is 0. The van der Waals surface area contributed by atoms with E-state index in [0.29, 0.717) is 6.54 Å². The van der Waals surface area contributed by atoms with Crippen molar-refractivity contribution in [1.82, 2.24) is 5.32 Å². The van der Waals surface area contributed by atoms with E-state index in [9.17, 15) is 4.79 Å².